The Kier molecular flexibility index (Phi) is 3.87. The van der Waals surface area contributed by atoms with Crippen LogP contribution in [0.4, 0.5) is 14.5 Å². The molecule has 0 fully saturated rings. The minimum Gasteiger partial charge on any atom is -0.469 e. The van der Waals surface area contributed by atoms with Crippen LogP contribution in [0.2, 0.25) is 5.02 Å². The molecular formula is C13H12ClF2NO. The normalized spacial score (nSPS) is 12.4. The lowest BCUT2D eigenvalue weighted by Crippen LogP contribution is -2.19. The second-order valence-corrected chi connectivity index (χ2v) is 4.48. The summed E-state index contributed by atoms with van der Waals surface area (Å²) in [5.74, 6) is -0.610. The fraction of sp³-hybridized carbons (Fsp3) is 0.231. The van der Waals surface area contributed by atoms with Crippen molar-refractivity contribution in [3.63, 3.8) is 0 Å². The van der Waals surface area contributed by atoms with Crippen LogP contribution >= 0.6 is 11.6 Å². The maximum absolute atomic E-state index is 13.5. The van der Waals surface area contributed by atoms with Crippen molar-refractivity contribution in [1.29, 1.82) is 0 Å². The highest BCUT2D eigenvalue weighted by atomic mass is 35.5. The number of anilines is 1. The van der Waals surface area contributed by atoms with Crippen LogP contribution in [-0.4, -0.2) is 6.04 Å². The first-order valence-corrected chi connectivity index (χ1v) is 5.87. The number of rotatable bonds is 4. The van der Waals surface area contributed by atoms with E-state index in [1.54, 1.807) is 12.3 Å². The van der Waals surface area contributed by atoms with Crippen molar-refractivity contribution in [2.45, 2.75) is 19.4 Å². The maximum Gasteiger partial charge on any atom is 0.150 e. The molecule has 0 saturated carbocycles. The van der Waals surface area contributed by atoms with Gasteiger partial charge in [0.05, 0.1) is 17.0 Å². The molecule has 1 atom stereocenters. The SMILES string of the molecule is CC(Cc1ccco1)Nc1c(F)cc(F)cc1Cl. The van der Waals surface area contributed by atoms with Gasteiger partial charge in [-0.3, -0.25) is 0 Å². The van der Waals surface area contributed by atoms with Gasteiger partial charge in [-0.25, -0.2) is 8.78 Å². The molecule has 1 heterocycles. The molecule has 0 spiro atoms. The third-order valence-electron chi connectivity index (χ3n) is 2.49. The lowest BCUT2D eigenvalue weighted by Gasteiger charge is -2.16. The number of benzene rings is 1. The predicted octanol–water partition coefficient (Wildman–Crippen LogP) is 4.25. The lowest BCUT2D eigenvalue weighted by molar-refractivity contribution is 0.497. The molecule has 0 aliphatic carbocycles. The molecule has 0 aliphatic rings. The van der Waals surface area contributed by atoms with Gasteiger partial charge in [0, 0.05) is 18.5 Å². The van der Waals surface area contributed by atoms with Gasteiger partial charge in [-0.1, -0.05) is 11.6 Å². The third kappa shape index (κ3) is 3.01. The smallest absolute Gasteiger partial charge is 0.150 e. The van der Waals surface area contributed by atoms with E-state index in [1.165, 1.54) is 0 Å². The molecule has 2 nitrogen and oxygen atoms in total. The van der Waals surface area contributed by atoms with Gasteiger partial charge in [0.1, 0.15) is 11.6 Å². The molecule has 2 aromatic rings. The fourth-order valence-corrected chi connectivity index (χ4v) is 1.96. The molecular weight excluding hydrogens is 260 g/mol. The van der Waals surface area contributed by atoms with Crippen molar-refractivity contribution in [3.05, 3.63) is 52.9 Å². The van der Waals surface area contributed by atoms with Crippen molar-refractivity contribution in [3.8, 4) is 0 Å². The van der Waals surface area contributed by atoms with E-state index in [0.717, 1.165) is 17.9 Å². The Bertz CT molecular complexity index is 505. The molecule has 5 heteroatoms. The van der Waals surface area contributed by atoms with E-state index >= 15 is 0 Å². The Morgan fingerprint density at radius 2 is 2.17 bits per heavy atom. The van der Waals surface area contributed by atoms with Crippen LogP contribution in [0.1, 0.15) is 12.7 Å². The minimum atomic E-state index is -0.703. The van der Waals surface area contributed by atoms with Crippen molar-refractivity contribution in [2.75, 3.05) is 5.32 Å². The lowest BCUT2D eigenvalue weighted by atomic mass is 10.2. The molecule has 96 valence electrons. The summed E-state index contributed by atoms with van der Waals surface area (Å²) in [5, 5.41) is 2.94. The molecule has 0 saturated heterocycles. The zero-order valence-corrected chi connectivity index (χ0v) is 10.5. The Balaban J connectivity index is 2.09. The zero-order valence-electron chi connectivity index (χ0n) is 9.71. The van der Waals surface area contributed by atoms with E-state index in [4.69, 9.17) is 16.0 Å². The van der Waals surface area contributed by atoms with Gasteiger partial charge < -0.3 is 9.73 Å². The van der Waals surface area contributed by atoms with Gasteiger partial charge in [-0.05, 0) is 25.1 Å². The largest absolute Gasteiger partial charge is 0.469 e. The highest BCUT2D eigenvalue weighted by Gasteiger charge is 2.13. The summed E-state index contributed by atoms with van der Waals surface area (Å²) in [7, 11) is 0. The Labute approximate surface area is 109 Å². The molecule has 1 N–H and O–H groups in total. The summed E-state index contributed by atoms with van der Waals surface area (Å²) in [4.78, 5) is 0. The molecule has 1 aromatic carbocycles. The van der Waals surface area contributed by atoms with E-state index in [-0.39, 0.29) is 16.8 Å². The van der Waals surface area contributed by atoms with Gasteiger partial charge in [0.25, 0.3) is 0 Å². The first kappa shape index (κ1) is 12.9. The van der Waals surface area contributed by atoms with Crippen LogP contribution in [0.25, 0.3) is 0 Å². The molecule has 0 bridgehead atoms. The van der Waals surface area contributed by atoms with Crippen molar-refractivity contribution in [2.24, 2.45) is 0 Å². The minimum absolute atomic E-state index is 0.0267. The molecule has 1 unspecified atom stereocenters. The summed E-state index contributed by atoms with van der Waals surface area (Å²) in [6.07, 6.45) is 2.16. The topological polar surface area (TPSA) is 25.2 Å². The summed E-state index contributed by atoms with van der Waals surface area (Å²) < 4.78 is 31.6. The van der Waals surface area contributed by atoms with E-state index in [9.17, 15) is 8.78 Å². The predicted molar refractivity (Wildman–Crippen MR) is 66.9 cm³/mol. The number of halogens is 3. The van der Waals surface area contributed by atoms with Crippen LogP contribution in [0.3, 0.4) is 0 Å². The molecule has 0 amide bonds. The first-order valence-electron chi connectivity index (χ1n) is 5.49. The van der Waals surface area contributed by atoms with Crippen LogP contribution in [-0.2, 0) is 6.42 Å². The summed E-state index contributed by atoms with van der Waals surface area (Å²) in [6.45, 7) is 1.86. The van der Waals surface area contributed by atoms with Gasteiger partial charge in [0.2, 0.25) is 0 Å². The molecule has 0 aliphatic heterocycles. The highest BCUT2D eigenvalue weighted by molar-refractivity contribution is 6.33. The van der Waals surface area contributed by atoms with Crippen LogP contribution in [0.5, 0.6) is 0 Å². The quantitative estimate of drug-likeness (QED) is 0.899. The van der Waals surface area contributed by atoms with Crippen molar-refractivity contribution < 1.29 is 13.2 Å². The zero-order chi connectivity index (χ0) is 13.1. The summed E-state index contributed by atoms with van der Waals surface area (Å²) in [6, 6.07) is 5.41. The first-order chi connectivity index (χ1) is 8.56. The summed E-state index contributed by atoms with van der Waals surface area (Å²) >= 11 is 5.79. The summed E-state index contributed by atoms with van der Waals surface area (Å²) in [5.41, 5.74) is 0.108. The second-order valence-electron chi connectivity index (χ2n) is 4.07. The monoisotopic (exact) mass is 271 g/mol. The molecule has 2 rings (SSSR count). The van der Waals surface area contributed by atoms with Gasteiger partial charge in [0.15, 0.2) is 5.82 Å². The third-order valence-corrected chi connectivity index (χ3v) is 2.78. The van der Waals surface area contributed by atoms with Gasteiger partial charge in [-0.15, -0.1) is 0 Å². The van der Waals surface area contributed by atoms with E-state index in [0.29, 0.717) is 6.42 Å². The number of hydrogen-bond donors (Lipinski definition) is 1. The average Bonchev–Trinajstić information content (AvgIpc) is 2.76. The molecule has 1 aromatic heterocycles. The maximum atomic E-state index is 13.5. The second kappa shape index (κ2) is 5.40. The van der Waals surface area contributed by atoms with Crippen LogP contribution in [0, 0.1) is 11.6 Å². The standard InChI is InChI=1S/C13H12ClF2NO/c1-8(5-10-3-2-4-18-10)17-13-11(14)6-9(15)7-12(13)16/h2-4,6-8,17H,5H2,1H3. The Hall–Kier alpha value is -1.55. The number of hydrogen-bond acceptors (Lipinski definition) is 2. The Morgan fingerprint density at radius 3 is 2.78 bits per heavy atom. The number of furan rings is 1. The fourth-order valence-electron chi connectivity index (χ4n) is 1.71. The number of nitrogens with one attached hydrogen (secondary N) is 1. The molecule has 18 heavy (non-hydrogen) atoms. The van der Waals surface area contributed by atoms with E-state index in [1.807, 2.05) is 13.0 Å². The Morgan fingerprint density at radius 1 is 1.39 bits per heavy atom. The average molecular weight is 272 g/mol. The van der Waals surface area contributed by atoms with Crippen LogP contribution < -0.4 is 5.32 Å². The van der Waals surface area contributed by atoms with Crippen LogP contribution in [0.15, 0.2) is 34.9 Å². The van der Waals surface area contributed by atoms with Crippen molar-refractivity contribution in [1.82, 2.24) is 0 Å². The van der Waals surface area contributed by atoms with E-state index < -0.39 is 11.6 Å². The van der Waals surface area contributed by atoms with Crippen molar-refractivity contribution >= 4 is 17.3 Å². The van der Waals surface area contributed by atoms with E-state index in [2.05, 4.69) is 5.32 Å². The molecule has 0 radical (unpaired) electrons. The van der Waals surface area contributed by atoms with Gasteiger partial charge >= 0.3 is 0 Å². The van der Waals surface area contributed by atoms with Gasteiger partial charge in [-0.2, -0.15) is 0 Å². The highest BCUT2D eigenvalue weighted by Crippen LogP contribution is 2.27.